The quantitative estimate of drug-likeness (QED) is 0.323. The van der Waals surface area contributed by atoms with Crippen molar-refractivity contribution in [2.45, 2.75) is 25.8 Å². The molecule has 7 heteroatoms. The first-order valence-corrected chi connectivity index (χ1v) is 11.9. The highest BCUT2D eigenvalue weighted by Crippen LogP contribution is 2.27. The molecule has 36 heavy (non-hydrogen) atoms. The van der Waals surface area contributed by atoms with Gasteiger partial charge >= 0.3 is 0 Å². The summed E-state index contributed by atoms with van der Waals surface area (Å²) >= 11 is 0. The molecule has 0 bridgehead atoms. The molecule has 0 fully saturated rings. The molecule has 0 radical (unpaired) electrons. The van der Waals surface area contributed by atoms with Crippen molar-refractivity contribution < 1.29 is 19.0 Å². The van der Waals surface area contributed by atoms with E-state index < -0.39 is 6.04 Å². The number of carbonyl (C=O) groups is 1. The van der Waals surface area contributed by atoms with Crippen LogP contribution in [0.2, 0.25) is 0 Å². The van der Waals surface area contributed by atoms with Crippen LogP contribution in [-0.4, -0.2) is 44.8 Å². The van der Waals surface area contributed by atoms with Crippen molar-refractivity contribution in [3.63, 3.8) is 0 Å². The van der Waals surface area contributed by atoms with Gasteiger partial charge in [-0.2, -0.15) is 0 Å². The maximum Gasteiger partial charge on any atom is 0.237 e. The van der Waals surface area contributed by atoms with Crippen LogP contribution in [0.3, 0.4) is 0 Å². The average Bonchev–Trinajstić information content (AvgIpc) is 3.23. The van der Waals surface area contributed by atoms with Gasteiger partial charge in [-0.05, 0) is 61.2 Å². The minimum atomic E-state index is -0.594. The van der Waals surface area contributed by atoms with Crippen LogP contribution in [-0.2, 0) is 17.6 Å². The highest BCUT2D eigenvalue weighted by Gasteiger charge is 2.18. The van der Waals surface area contributed by atoms with Gasteiger partial charge < -0.3 is 30.2 Å². The molecule has 0 unspecified atom stereocenters. The van der Waals surface area contributed by atoms with Crippen LogP contribution in [0.1, 0.15) is 16.8 Å². The Morgan fingerprint density at radius 1 is 0.917 bits per heavy atom. The zero-order valence-corrected chi connectivity index (χ0v) is 21.3. The van der Waals surface area contributed by atoms with E-state index in [2.05, 4.69) is 16.4 Å². The molecule has 0 aliphatic rings. The van der Waals surface area contributed by atoms with Crippen molar-refractivity contribution in [1.82, 2.24) is 10.3 Å². The number of methoxy groups -OCH3 is 3. The van der Waals surface area contributed by atoms with Gasteiger partial charge in [-0.1, -0.05) is 42.5 Å². The van der Waals surface area contributed by atoms with Gasteiger partial charge in [-0.25, -0.2) is 0 Å². The van der Waals surface area contributed by atoms with Gasteiger partial charge in [0.1, 0.15) is 5.75 Å². The molecule has 3 aromatic carbocycles. The number of para-hydroxylation sites is 2. The topological polar surface area (TPSA) is 98.6 Å². The normalized spacial score (nSPS) is 11.2. The lowest BCUT2D eigenvalue weighted by molar-refractivity contribution is -0.122. The molecule has 1 amide bonds. The molecule has 190 valence electrons. The van der Waals surface area contributed by atoms with Crippen LogP contribution in [0, 0.1) is 6.92 Å². The van der Waals surface area contributed by atoms with Gasteiger partial charge in [0.15, 0.2) is 11.5 Å². The van der Waals surface area contributed by atoms with Crippen molar-refractivity contribution in [3.8, 4) is 17.2 Å². The lowest BCUT2D eigenvalue weighted by Gasteiger charge is -2.13. The molecule has 4 rings (SSSR count). The second-order valence-corrected chi connectivity index (χ2v) is 8.33. The van der Waals surface area contributed by atoms with Crippen molar-refractivity contribution >= 4 is 16.8 Å². The zero-order valence-electron chi connectivity index (χ0n) is 21.3. The van der Waals surface area contributed by atoms with Crippen LogP contribution in [0.4, 0.5) is 0 Å². The summed E-state index contributed by atoms with van der Waals surface area (Å²) in [6.07, 6.45) is 1.18. The third-order valence-electron chi connectivity index (χ3n) is 5.93. The number of amides is 1. The maximum absolute atomic E-state index is 12.4. The Morgan fingerprint density at radius 3 is 2.28 bits per heavy atom. The molecular formula is C29H35N3O4. The van der Waals surface area contributed by atoms with Gasteiger partial charge in [0.05, 0.1) is 27.4 Å². The predicted molar refractivity (Wildman–Crippen MR) is 144 cm³/mol. The Bertz CT molecular complexity index is 1250. The summed E-state index contributed by atoms with van der Waals surface area (Å²) in [7, 11) is 4.87. The number of aromatic nitrogens is 1. The summed E-state index contributed by atoms with van der Waals surface area (Å²) < 4.78 is 15.5. The lowest BCUT2D eigenvalue weighted by atomic mass is 10.0. The maximum atomic E-state index is 12.4. The van der Waals surface area contributed by atoms with Gasteiger partial charge in [-0.15, -0.1) is 0 Å². The fourth-order valence-electron chi connectivity index (χ4n) is 3.96. The summed E-state index contributed by atoms with van der Waals surface area (Å²) in [6.45, 7) is 2.52. The number of hydrogen-bond donors (Lipinski definition) is 3. The third-order valence-corrected chi connectivity index (χ3v) is 5.93. The number of nitrogens with two attached hydrogens (primary N) is 1. The van der Waals surface area contributed by atoms with Crippen LogP contribution in [0.5, 0.6) is 17.2 Å². The fourth-order valence-corrected chi connectivity index (χ4v) is 3.96. The number of aryl methyl sites for hydroxylation is 1. The van der Waals surface area contributed by atoms with Gasteiger partial charge in [0.2, 0.25) is 5.91 Å². The number of ether oxygens (including phenoxy) is 3. The van der Waals surface area contributed by atoms with Crippen molar-refractivity contribution in [2.24, 2.45) is 5.73 Å². The summed E-state index contributed by atoms with van der Waals surface area (Å²) in [4.78, 5) is 15.8. The Labute approximate surface area is 212 Å². The highest BCUT2D eigenvalue weighted by atomic mass is 16.5. The van der Waals surface area contributed by atoms with Crippen molar-refractivity contribution in [2.75, 3.05) is 27.9 Å². The molecule has 1 atom stereocenters. The lowest BCUT2D eigenvalue weighted by Crippen LogP contribution is -2.42. The predicted octanol–water partition coefficient (Wildman–Crippen LogP) is 4.42. The molecule has 0 saturated heterocycles. The standard InChI is InChI=1S/C22H27N3O3.C7H8O/c1-14-17(16-6-4-5-7-19(16)25-14)13-18(23)22(26)24-11-10-15-8-9-20(27-2)21(12-15)28-3;1-8-7-5-3-2-4-6-7/h4-9,12,18,25H,10-11,13,23H2,1-3H3,(H,24,26);2-6H,1H3/t18-;/m0./s1. The Balaban J connectivity index is 0.000000383. The van der Waals surface area contributed by atoms with Crippen LogP contribution < -0.4 is 25.3 Å². The second kappa shape index (κ2) is 13.2. The minimum absolute atomic E-state index is 0.148. The molecule has 4 N–H and O–H groups in total. The first-order valence-electron chi connectivity index (χ1n) is 11.9. The van der Waals surface area contributed by atoms with E-state index in [-0.39, 0.29) is 5.91 Å². The van der Waals surface area contributed by atoms with Crippen LogP contribution >= 0.6 is 0 Å². The summed E-state index contributed by atoms with van der Waals surface area (Å²) in [6, 6.07) is 22.9. The number of benzene rings is 3. The summed E-state index contributed by atoms with van der Waals surface area (Å²) in [5.41, 5.74) is 10.4. The SMILES string of the molecule is COc1ccc(CCNC(=O)[C@@H](N)Cc2c(C)[nH]c3ccccc23)cc1OC.COc1ccccc1. The average molecular weight is 490 g/mol. The fraction of sp³-hybridized carbons (Fsp3) is 0.276. The molecule has 7 nitrogen and oxygen atoms in total. The monoisotopic (exact) mass is 489 g/mol. The van der Waals surface area contributed by atoms with Gasteiger partial charge in [-0.3, -0.25) is 4.79 Å². The molecule has 0 aliphatic heterocycles. The second-order valence-electron chi connectivity index (χ2n) is 8.33. The van der Waals surface area contributed by atoms with Gasteiger partial charge in [0.25, 0.3) is 0 Å². The molecule has 4 aromatic rings. The molecule has 0 spiro atoms. The van der Waals surface area contributed by atoms with E-state index in [9.17, 15) is 4.79 Å². The van der Waals surface area contributed by atoms with E-state index in [4.69, 9.17) is 19.9 Å². The first-order chi connectivity index (χ1) is 17.5. The molecule has 1 heterocycles. The van der Waals surface area contributed by atoms with Crippen LogP contribution in [0.15, 0.2) is 72.8 Å². The Morgan fingerprint density at radius 2 is 1.61 bits per heavy atom. The van der Waals surface area contributed by atoms with E-state index in [0.717, 1.165) is 33.5 Å². The smallest absolute Gasteiger partial charge is 0.237 e. The summed E-state index contributed by atoms with van der Waals surface area (Å²) in [5.74, 6) is 2.13. The van der Waals surface area contributed by atoms with E-state index in [1.165, 1.54) is 0 Å². The van der Waals surface area contributed by atoms with Crippen LogP contribution in [0.25, 0.3) is 10.9 Å². The number of nitrogens with one attached hydrogen (secondary N) is 2. The molecule has 0 saturated carbocycles. The van der Waals surface area contributed by atoms with E-state index in [1.807, 2.05) is 73.7 Å². The zero-order chi connectivity index (χ0) is 25.9. The first kappa shape index (κ1) is 26.6. The molecule has 1 aromatic heterocycles. The number of H-pyrrole nitrogens is 1. The number of hydrogen-bond acceptors (Lipinski definition) is 5. The largest absolute Gasteiger partial charge is 0.497 e. The number of rotatable bonds is 9. The molecular weight excluding hydrogens is 454 g/mol. The summed E-state index contributed by atoms with van der Waals surface area (Å²) in [5, 5.41) is 4.05. The third kappa shape index (κ3) is 7.02. The molecule has 0 aliphatic carbocycles. The van der Waals surface area contributed by atoms with E-state index in [1.54, 1.807) is 21.3 Å². The Kier molecular flexibility index (Phi) is 9.77. The van der Waals surface area contributed by atoms with E-state index in [0.29, 0.717) is 30.9 Å². The highest BCUT2D eigenvalue weighted by molar-refractivity contribution is 5.87. The number of aromatic amines is 1. The Hall–Kier alpha value is -3.97. The number of carbonyl (C=O) groups excluding carboxylic acids is 1. The minimum Gasteiger partial charge on any atom is -0.497 e. The van der Waals surface area contributed by atoms with Crippen molar-refractivity contribution in [1.29, 1.82) is 0 Å². The number of fused-ring (bicyclic) bond motifs is 1. The van der Waals surface area contributed by atoms with Gasteiger partial charge in [0, 0.05) is 23.1 Å². The van der Waals surface area contributed by atoms with E-state index >= 15 is 0 Å². The van der Waals surface area contributed by atoms with Crippen molar-refractivity contribution in [3.05, 3.63) is 89.6 Å².